The molecule has 51 heavy (non-hydrogen) atoms. The van der Waals surface area contributed by atoms with Crippen molar-refractivity contribution in [1.29, 1.82) is 0 Å². The zero-order valence-corrected chi connectivity index (χ0v) is 30.6. The summed E-state index contributed by atoms with van der Waals surface area (Å²) in [7, 11) is -2.36. The summed E-state index contributed by atoms with van der Waals surface area (Å²) < 4.78 is 82.7. The second-order valence-electron chi connectivity index (χ2n) is 15.0. The van der Waals surface area contributed by atoms with E-state index in [1.807, 2.05) is 32.0 Å². The molecule has 1 aliphatic carbocycles. The number of hydrogen-bond donors (Lipinski definition) is 2. The largest absolute Gasteiger partial charge is 0.475 e. The number of alkyl halides is 3. The Morgan fingerprint density at radius 2 is 1.73 bits per heavy atom. The van der Waals surface area contributed by atoms with Gasteiger partial charge in [-0.1, -0.05) is 38.1 Å². The van der Waals surface area contributed by atoms with Crippen molar-refractivity contribution in [3.8, 4) is 17.1 Å². The van der Waals surface area contributed by atoms with Gasteiger partial charge < -0.3 is 19.3 Å². The Hall–Kier alpha value is -3.59. The minimum absolute atomic E-state index is 0.00188. The predicted octanol–water partition coefficient (Wildman–Crippen LogP) is 7.19. The van der Waals surface area contributed by atoms with E-state index in [0.29, 0.717) is 25.1 Å². The third-order valence-corrected chi connectivity index (χ3v) is 12.2. The number of halogens is 3. The number of carbonyl (C=O) groups is 1. The highest BCUT2D eigenvalue weighted by atomic mass is 32.3. The second kappa shape index (κ2) is 14.1. The maximum atomic E-state index is 14.6. The lowest BCUT2D eigenvalue weighted by atomic mass is 9.59. The summed E-state index contributed by atoms with van der Waals surface area (Å²) in [5, 5.41) is 0. The van der Waals surface area contributed by atoms with Crippen LogP contribution < -0.4 is 9.46 Å². The maximum Gasteiger partial charge on any atom is 0.394 e. The van der Waals surface area contributed by atoms with Gasteiger partial charge in [0.25, 0.3) is 11.9 Å². The molecule has 1 saturated carbocycles. The Morgan fingerprint density at radius 3 is 2.37 bits per heavy atom. The summed E-state index contributed by atoms with van der Waals surface area (Å²) >= 11 is 0. The number of piperidine rings is 1. The van der Waals surface area contributed by atoms with E-state index >= 15 is 0 Å². The second-order valence-corrected chi connectivity index (χ2v) is 16.7. The lowest BCUT2D eigenvalue weighted by molar-refractivity contribution is -0.219. The summed E-state index contributed by atoms with van der Waals surface area (Å²) in [4.78, 5) is 27.4. The molecule has 2 atom stereocenters. The van der Waals surface area contributed by atoms with Crippen LogP contribution in [-0.2, 0) is 19.3 Å². The van der Waals surface area contributed by atoms with E-state index in [1.165, 1.54) is 24.3 Å². The van der Waals surface area contributed by atoms with E-state index in [1.54, 1.807) is 18.1 Å². The van der Waals surface area contributed by atoms with Crippen molar-refractivity contribution < 1.29 is 36.2 Å². The highest BCUT2D eigenvalue weighted by Gasteiger charge is 2.54. The van der Waals surface area contributed by atoms with E-state index in [9.17, 15) is 26.7 Å². The van der Waals surface area contributed by atoms with Gasteiger partial charge in [0.05, 0.1) is 23.8 Å². The van der Waals surface area contributed by atoms with Crippen LogP contribution in [0.1, 0.15) is 67.4 Å². The predicted molar refractivity (Wildman–Crippen MR) is 189 cm³/mol. The summed E-state index contributed by atoms with van der Waals surface area (Å²) in [6.07, 6.45) is -1.85. The molecule has 2 N–H and O–H groups in total. The number of anilines is 1. The average molecular weight is 731 g/mol. The SMILES string of the molecule is COCCN1CCC2(CC1)CC(N1C(=O)c3cccc(c3)[S+](=O)(O)Nc3nc(cc(-c4c(C)cccc4C)n3)OC[C@H]1CC(C)(C)C(F)(F)F)C2. The summed E-state index contributed by atoms with van der Waals surface area (Å²) in [6, 6.07) is 11.7. The number of amides is 1. The van der Waals surface area contributed by atoms with Crippen LogP contribution in [0.5, 0.6) is 5.88 Å². The third kappa shape index (κ3) is 7.79. The van der Waals surface area contributed by atoms with Crippen LogP contribution in [0.3, 0.4) is 0 Å². The molecule has 1 aromatic heterocycles. The maximum absolute atomic E-state index is 14.6. The van der Waals surface area contributed by atoms with E-state index in [2.05, 4.69) is 19.6 Å². The van der Waals surface area contributed by atoms with Gasteiger partial charge in [0.1, 0.15) is 6.61 Å². The van der Waals surface area contributed by atoms with E-state index < -0.39 is 40.4 Å². The molecule has 2 fully saturated rings. The van der Waals surface area contributed by atoms with Gasteiger partial charge in [-0.3, -0.25) is 4.79 Å². The number of ether oxygens (including phenoxy) is 2. The highest BCUT2D eigenvalue weighted by Crippen LogP contribution is 2.52. The van der Waals surface area contributed by atoms with Crippen LogP contribution in [0.25, 0.3) is 11.3 Å². The molecule has 1 unspecified atom stereocenters. The molecule has 1 saturated heterocycles. The average Bonchev–Trinajstić information content (AvgIpc) is 3.05. The number of hydrogen-bond acceptors (Lipinski definition) is 7. The number of carbonyl (C=O) groups excluding carboxylic acids is 1. The molecule has 2 aliphatic heterocycles. The topological polar surface area (TPSA) is 117 Å². The Labute approximate surface area is 298 Å². The molecule has 0 radical (unpaired) electrons. The first-order valence-electron chi connectivity index (χ1n) is 17.3. The number of rotatable bonds is 7. The Bertz CT molecular complexity index is 1780. The van der Waals surface area contributed by atoms with Gasteiger partial charge in [0.2, 0.25) is 10.8 Å². The van der Waals surface area contributed by atoms with Gasteiger partial charge in [-0.15, -0.1) is 4.72 Å². The standard InChI is InChI=1S/C37H46F3N5O5S/c1-24-8-6-9-25(2)32(24)30-19-31-42-34(41-30)43-51(47,48)29-11-7-10-26(18-29)33(46)45(28(23-50-31)20-35(3,4)37(38,39)40)27-21-36(22-27)12-14-44(15-13-36)16-17-49-5/h6-11,18-19,27-28H,12-17,20-23H2,1-5H3,(H-,41,42,43,47,48)/p+1/t28-/m1/s1. The van der Waals surface area contributed by atoms with Crippen molar-refractivity contribution >= 4 is 22.3 Å². The minimum atomic E-state index is -4.55. The molecule has 6 rings (SSSR count). The van der Waals surface area contributed by atoms with Crippen LogP contribution >= 0.6 is 0 Å². The fourth-order valence-corrected chi connectivity index (χ4v) is 8.80. The Balaban J connectivity index is 1.42. The van der Waals surface area contributed by atoms with E-state index in [-0.39, 0.29) is 40.4 Å². The van der Waals surface area contributed by atoms with Crippen molar-refractivity contribution in [3.05, 3.63) is 65.2 Å². The van der Waals surface area contributed by atoms with E-state index in [0.717, 1.165) is 63.0 Å². The fourth-order valence-electron chi connectivity index (χ4n) is 7.79. The number of aryl methyl sites for hydroxylation is 2. The van der Waals surface area contributed by atoms with Crippen molar-refractivity contribution in [1.82, 2.24) is 19.8 Å². The van der Waals surface area contributed by atoms with Crippen molar-refractivity contribution in [2.75, 3.05) is 44.7 Å². The Kier molecular flexibility index (Phi) is 10.3. The Morgan fingerprint density at radius 1 is 1.06 bits per heavy atom. The fraction of sp³-hybridized carbons (Fsp3) is 0.541. The van der Waals surface area contributed by atoms with Gasteiger partial charge in [0, 0.05) is 43.0 Å². The first-order chi connectivity index (χ1) is 24.0. The van der Waals surface area contributed by atoms with Crippen LogP contribution in [0, 0.1) is 24.7 Å². The normalized spacial score (nSPS) is 23.0. The monoisotopic (exact) mass is 730 g/mol. The molecular weight excluding hydrogens is 683 g/mol. The molecule has 10 nitrogen and oxygen atoms in total. The van der Waals surface area contributed by atoms with Crippen LogP contribution in [0.2, 0.25) is 0 Å². The van der Waals surface area contributed by atoms with Crippen molar-refractivity contribution in [2.45, 2.75) is 83.0 Å². The molecule has 276 valence electrons. The number of benzene rings is 2. The summed E-state index contributed by atoms with van der Waals surface area (Å²) in [5.74, 6) is -0.707. The number of aromatic nitrogens is 2. The molecule has 3 aliphatic rings. The molecule has 14 heteroatoms. The number of likely N-dealkylation sites (tertiary alicyclic amines) is 1. The van der Waals surface area contributed by atoms with Gasteiger partial charge in [0.15, 0.2) is 0 Å². The van der Waals surface area contributed by atoms with Gasteiger partial charge >= 0.3 is 16.6 Å². The van der Waals surface area contributed by atoms with E-state index in [4.69, 9.17) is 9.47 Å². The van der Waals surface area contributed by atoms with Gasteiger partial charge in [-0.2, -0.15) is 22.7 Å². The lowest BCUT2D eigenvalue weighted by Crippen LogP contribution is -2.60. The van der Waals surface area contributed by atoms with Crippen LogP contribution in [-0.4, -0.2) is 88.4 Å². The molecule has 1 spiro atoms. The smallest absolute Gasteiger partial charge is 0.394 e. The first kappa shape index (κ1) is 37.2. The zero-order chi connectivity index (χ0) is 36.8. The molecule has 2 aromatic carbocycles. The van der Waals surface area contributed by atoms with Crippen LogP contribution in [0.4, 0.5) is 19.1 Å². The number of nitrogens with one attached hydrogen (secondary N) is 1. The zero-order valence-electron chi connectivity index (χ0n) is 29.8. The summed E-state index contributed by atoms with van der Waals surface area (Å²) in [6.45, 7) is 9.07. The third-order valence-electron chi connectivity index (χ3n) is 10.9. The molecule has 3 heterocycles. The van der Waals surface area contributed by atoms with Crippen LogP contribution in [0.15, 0.2) is 53.4 Å². The highest BCUT2D eigenvalue weighted by molar-refractivity contribution is 7.99. The molecule has 3 aromatic rings. The number of nitrogens with zero attached hydrogens (tertiary/aromatic N) is 4. The summed E-state index contributed by atoms with van der Waals surface area (Å²) in [5.41, 5.74) is 0.887. The van der Waals surface area contributed by atoms with Crippen molar-refractivity contribution in [2.24, 2.45) is 10.8 Å². The minimum Gasteiger partial charge on any atom is -0.475 e. The quantitative estimate of drug-likeness (QED) is 0.246. The number of methoxy groups -OCH3 is 1. The lowest BCUT2D eigenvalue weighted by Gasteiger charge is -2.56. The molecular formula is C37H47F3N5O5S+. The molecule has 1 amide bonds. The molecule has 4 bridgehead atoms. The van der Waals surface area contributed by atoms with Gasteiger partial charge in [-0.25, -0.2) is 4.98 Å². The first-order valence-corrected chi connectivity index (χ1v) is 18.9. The van der Waals surface area contributed by atoms with Gasteiger partial charge in [-0.05, 0) is 91.9 Å². The van der Waals surface area contributed by atoms with Crippen molar-refractivity contribution in [3.63, 3.8) is 0 Å². The number of fused-ring (bicyclic) bond motifs is 4.